The Bertz CT molecular complexity index is 988. The standard InChI is InChI=1S/C23H31FN2O5S/c1-25-21(27)14-26(22(25)28)11-3-2-4-12-32(29,30)16-23(9-10-23)18-7-8-19(24)20(13-18)31-15-17-5-6-17/h7-8,13,17H,2-6,9-12,14-16H2,1H3. The van der Waals surface area contributed by atoms with Crippen molar-refractivity contribution in [1.82, 2.24) is 9.80 Å². The van der Waals surface area contributed by atoms with Gasteiger partial charge in [-0.05, 0) is 62.1 Å². The van der Waals surface area contributed by atoms with Crippen LogP contribution in [-0.4, -0.2) is 68.4 Å². The van der Waals surface area contributed by atoms with E-state index in [9.17, 15) is 22.4 Å². The zero-order chi connectivity index (χ0) is 22.9. The number of nitrogens with zero attached hydrogens (tertiary/aromatic N) is 2. The zero-order valence-corrected chi connectivity index (χ0v) is 19.3. The Morgan fingerprint density at radius 1 is 1.16 bits per heavy atom. The number of imide groups is 1. The van der Waals surface area contributed by atoms with Crippen LogP contribution in [-0.2, 0) is 20.0 Å². The Morgan fingerprint density at radius 3 is 2.53 bits per heavy atom. The second-order valence-corrected chi connectivity index (χ2v) is 11.7. The van der Waals surface area contributed by atoms with Crippen molar-refractivity contribution in [2.24, 2.45) is 5.92 Å². The van der Waals surface area contributed by atoms with E-state index < -0.39 is 21.1 Å². The monoisotopic (exact) mass is 466 g/mol. The average Bonchev–Trinajstić information content (AvgIpc) is 3.66. The molecular weight excluding hydrogens is 435 g/mol. The molecule has 0 atom stereocenters. The van der Waals surface area contributed by atoms with Crippen LogP contribution in [0.2, 0.25) is 0 Å². The maximum atomic E-state index is 14.1. The van der Waals surface area contributed by atoms with Crippen LogP contribution in [0.5, 0.6) is 5.75 Å². The summed E-state index contributed by atoms with van der Waals surface area (Å²) in [4.78, 5) is 26.0. The maximum Gasteiger partial charge on any atom is 0.326 e. The number of benzene rings is 1. The number of unbranched alkanes of at least 4 members (excludes halogenated alkanes) is 2. The van der Waals surface area contributed by atoms with Crippen LogP contribution in [0.15, 0.2) is 18.2 Å². The van der Waals surface area contributed by atoms with Gasteiger partial charge in [0, 0.05) is 19.0 Å². The highest BCUT2D eigenvalue weighted by molar-refractivity contribution is 7.91. The molecule has 9 heteroatoms. The number of rotatable bonds is 12. The van der Waals surface area contributed by atoms with Crippen LogP contribution in [0.4, 0.5) is 9.18 Å². The van der Waals surface area contributed by atoms with Gasteiger partial charge < -0.3 is 9.64 Å². The number of ether oxygens (including phenoxy) is 1. The van der Waals surface area contributed by atoms with Crippen molar-refractivity contribution in [3.05, 3.63) is 29.6 Å². The van der Waals surface area contributed by atoms with Crippen molar-refractivity contribution in [2.45, 2.75) is 50.4 Å². The lowest BCUT2D eigenvalue weighted by atomic mass is 9.98. The molecule has 0 spiro atoms. The minimum Gasteiger partial charge on any atom is -0.490 e. The topological polar surface area (TPSA) is 84.0 Å². The molecule has 1 aromatic carbocycles. The number of hydrogen-bond acceptors (Lipinski definition) is 5. The number of sulfone groups is 1. The molecule has 1 saturated heterocycles. The van der Waals surface area contributed by atoms with Crippen molar-refractivity contribution >= 4 is 21.8 Å². The normalized spacial score (nSPS) is 20.2. The van der Waals surface area contributed by atoms with Gasteiger partial charge in [-0.15, -0.1) is 0 Å². The Labute approximate surface area is 188 Å². The summed E-state index contributed by atoms with van der Waals surface area (Å²) in [5.41, 5.74) is 0.409. The largest absolute Gasteiger partial charge is 0.490 e. The molecule has 176 valence electrons. The summed E-state index contributed by atoms with van der Waals surface area (Å²) in [6.07, 6.45) is 5.64. The van der Waals surface area contributed by atoms with E-state index in [1.54, 1.807) is 12.1 Å². The summed E-state index contributed by atoms with van der Waals surface area (Å²) in [7, 11) is -1.80. The summed E-state index contributed by atoms with van der Waals surface area (Å²) >= 11 is 0. The fraction of sp³-hybridized carbons (Fsp3) is 0.652. The lowest BCUT2D eigenvalue weighted by Gasteiger charge is -2.18. The predicted molar refractivity (Wildman–Crippen MR) is 118 cm³/mol. The number of likely N-dealkylation sites (N-methyl/N-ethyl adjacent to an activating group) is 1. The van der Waals surface area contributed by atoms with Crippen molar-refractivity contribution in [2.75, 3.05) is 38.2 Å². The van der Waals surface area contributed by atoms with Crippen molar-refractivity contribution in [3.63, 3.8) is 0 Å². The van der Waals surface area contributed by atoms with E-state index in [2.05, 4.69) is 0 Å². The SMILES string of the molecule is CN1C(=O)CN(CCCCCS(=O)(=O)CC2(c3ccc(F)c(OCC4CC4)c3)CC2)C1=O. The van der Waals surface area contributed by atoms with Crippen LogP contribution in [0.3, 0.4) is 0 Å². The molecule has 7 nitrogen and oxygen atoms in total. The van der Waals surface area contributed by atoms with Gasteiger partial charge in [0.2, 0.25) is 5.91 Å². The molecule has 3 aliphatic rings. The summed E-state index contributed by atoms with van der Waals surface area (Å²) in [5.74, 6) is 0.273. The fourth-order valence-corrected chi connectivity index (χ4v) is 6.31. The Morgan fingerprint density at radius 2 is 1.91 bits per heavy atom. The molecule has 0 N–H and O–H groups in total. The Balaban J connectivity index is 1.25. The third-order valence-corrected chi connectivity index (χ3v) is 8.61. The molecule has 3 fully saturated rings. The van der Waals surface area contributed by atoms with Gasteiger partial charge in [0.25, 0.3) is 0 Å². The Hall–Kier alpha value is -2.16. The highest BCUT2D eigenvalue weighted by Gasteiger charge is 2.47. The molecular formula is C23H31FN2O5S. The fourth-order valence-electron chi connectivity index (χ4n) is 4.23. The summed E-state index contributed by atoms with van der Waals surface area (Å²) in [5, 5.41) is 0. The first kappa shape index (κ1) is 23.0. The van der Waals surface area contributed by atoms with Crippen molar-refractivity contribution in [3.8, 4) is 5.75 Å². The number of carbonyl (C=O) groups is 2. The van der Waals surface area contributed by atoms with E-state index in [1.807, 2.05) is 0 Å². The molecule has 2 aliphatic carbocycles. The first-order valence-corrected chi connectivity index (χ1v) is 13.2. The van der Waals surface area contributed by atoms with Crippen molar-refractivity contribution < 1.29 is 27.1 Å². The van der Waals surface area contributed by atoms with E-state index in [4.69, 9.17) is 4.74 Å². The van der Waals surface area contributed by atoms with E-state index in [0.717, 1.165) is 36.1 Å². The minimum atomic E-state index is -3.27. The molecule has 32 heavy (non-hydrogen) atoms. The summed E-state index contributed by atoms with van der Waals surface area (Å²) < 4.78 is 45.3. The van der Waals surface area contributed by atoms with E-state index in [-0.39, 0.29) is 35.7 Å². The third kappa shape index (κ3) is 5.42. The van der Waals surface area contributed by atoms with E-state index in [1.165, 1.54) is 18.0 Å². The average molecular weight is 467 g/mol. The maximum absolute atomic E-state index is 14.1. The molecule has 2 saturated carbocycles. The van der Waals surface area contributed by atoms with Crippen LogP contribution < -0.4 is 4.74 Å². The number of amides is 3. The van der Waals surface area contributed by atoms with E-state index in [0.29, 0.717) is 38.3 Å². The first-order valence-electron chi connectivity index (χ1n) is 11.4. The van der Waals surface area contributed by atoms with Gasteiger partial charge in [0.15, 0.2) is 21.4 Å². The van der Waals surface area contributed by atoms with Crippen LogP contribution in [0, 0.1) is 11.7 Å². The Kier molecular flexibility index (Phi) is 6.47. The molecule has 0 aromatic heterocycles. The second-order valence-electron chi connectivity index (χ2n) is 9.49. The molecule has 4 rings (SSSR count). The highest BCUT2D eigenvalue weighted by Crippen LogP contribution is 2.50. The van der Waals surface area contributed by atoms with Crippen LogP contribution in [0.1, 0.15) is 50.5 Å². The highest BCUT2D eigenvalue weighted by atomic mass is 32.2. The van der Waals surface area contributed by atoms with Gasteiger partial charge in [-0.25, -0.2) is 17.6 Å². The first-order chi connectivity index (χ1) is 15.2. The lowest BCUT2D eigenvalue weighted by molar-refractivity contribution is -0.124. The van der Waals surface area contributed by atoms with Crippen molar-refractivity contribution in [1.29, 1.82) is 0 Å². The third-order valence-electron chi connectivity index (χ3n) is 6.71. The number of urea groups is 1. The van der Waals surface area contributed by atoms with Gasteiger partial charge in [0.1, 0.15) is 6.54 Å². The predicted octanol–water partition coefficient (Wildman–Crippen LogP) is 3.13. The van der Waals surface area contributed by atoms with Crippen LogP contribution in [0.25, 0.3) is 0 Å². The van der Waals surface area contributed by atoms with Gasteiger partial charge in [-0.1, -0.05) is 12.5 Å². The minimum absolute atomic E-state index is 0.0671. The van der Waals surface area contributed by atoms with Gasteiger partial charge in [0.05, 0.1) is 18.1 Å². The molecule has 0 radical (unpaired) electrons. The molecule has 3 amide bonds. The molecule has 1 heterocycles. The zero-order valence-electron chi connectivity index (χ0n) is 18.5. The molecule has 0 unspecified atom stereocenters. The molecule has 0 bridgehead atoms. The van der Waals surface area contributed by atoms with Gasteiger partial charge in [-0.3, -0.25) is 9.69 Å². The lowest BCUT2D eigenvalue weighted by Crippen LogP contribution is -2.30. The molecule has 1 aliphatic heterocycles. The smallest absolute Gasteiger partial charge is 0.326 e. The second kappa shape index (κ2) is 9.00. The molecule has 1 aromatic rings. The number of hydrogen-bond donors (Lipinski definition) is 0. The van der Waals surface area contributed by atoms with Gasteiger partial charge >= 0.3 is 6.03 Å². The quantitative estimate of drug-likeness (QED) is 0.349. The number of carbonyl (C=O) groups excluding carboxylic acids is 2. The van der Waals surface area contributed by atoms with Crippen LogP contribution >= 0.6 is 0 Å². The summed E-state index contributed by atoms with van der Waals surface area (Å²) in [6.45, 7) is 1.07. The van der Waals surface area contributed by atoms with E-state index >= 15 is 0 Å². The van der Waals surface area contributed by atoms with Gasteiger partial charge in [-0.2, -0.15) is 0 Å². The summed E-state index contributed by atoms with van der Waals surface area (Å²) in [6, 6.07) is 4.46. The number of halogens is 1.